The van der Waals surface area contributed by atoms with Crippen molar-refractivity contribution in [2.45, 2.75) is 19.8 Å². The minimum Gasteiger partial charge on any atom is -0.423 e. The minimum atomic E-state index is 0.490. The van der Waals surface area contributed by atoms with Crippen LogP contribution in [0.1, 0.15) is 25.3 Å². The number of aromatic nitrogens is 2. The third-order valence-electron chi connectivity index (χ3n) is 6.27. The van der Waals surface area contributed by atoms with Crippen LogP contribution in [0.15, 0.2) is 108 Å². The number of fused-ring (bicyclic) bond motifs is 3. The van der Waals surface area contributed by atoms with Crippen LogP contribution in [0.2, 0.25) is 0 Å². The van der Waals surface area contributed by atoms with Gasteiger partial charge in [0, 0.05) is 11.1 Å². The van der Waals surface area contributed by atoms with E-state index in [9.17, 15) is 0 Å². The summed E-state index contributed by atoms with van der Waals surface area (Å²) in [5.41, 5.74) is 9.76. The topological polar surface area (TPSA) is 30.4 Å². The number of oxazole rings is 1. The quantitative estimate of drug-likeness (QED) is 0.283. The van der Waals surface area contributed by atoms with E-state index in [0.717, 1.165) is 33.6 Å². The van der Waals surface area contributed by atoms with Gasteiger partial charge < -0.3 is 4.42 Å². The van der Waals surface area contributed by atoms with Crippen molar-refractivity contribution in [1.82, 2.24) is 9.38 Å². The zero-order chi connectivity index (χ0) is 22.4. The average molecular weight is 429 g/mol. The SMILES string of the molecule is CC(C)c1ccc(-c2c(-c3ccc(-c4ccccc4)cc3)nc3oc4ccccc4n23)cc1. The van der Waals surface area contributed by atoms with Crippen LogP contribution in [0.5, 0.6) is 0 Å². The summed E-state index contributed by atoms with van der Waals surface area (Å²) in [5, 5.41) is 0. The Morgan fingerprint density at radius 1 is 0.636 bits per heavy atom. The largest absolute Gasteiger partial charge is 0.423 e. The molecule has 0 aliphatic heterocycles. The van der Waals surface area contributed by atoms with Gasteiger partial charge in [-0.2, -0.15) is 4.98 Å². The van der Waals surface area contributed by atoms with Gasteiger partial charge >= 0.3 is 5.84 Å². The van der Waals surface area contributed by atoms with Gasteiger partial charge in [0.25, 0.3) is 0 Å². The Labute approximate surface area is 193 Å². The van der Waals surface area contributed by atoms with E-state index in [-0.39, 0.29) is 0 Å². The molecule has 160 valence electrons. The highest BCUT2D eigenvalue weighted by Gasteiger charge is 2.21. The Morgan fingerprint density at radius 3 is 1.97 bits per heavy atom. The Balaban J connectivity index is 1.55. The molecule has 0 bridgehead atoms. The summed E-state index contributed by atoms with van der Waals surface area (Å²) in [6.07, 6.45) is 0. The number of hydrogen-bond donors (Lipinski definition) is 0. The smallest absolute Gasteiger partial charge is 0.307 e. The summed E-state index contributed by atoms with van der Waals surface area (Å²) < 4.78 is 8.26. The van der Waals surface area contributed by atoms with E-state index in [1.54, 1.807) is 0 Å². The molecule has 0 N–H and O–H groups in total. The molecule has 2 aromatic heterocycles. The van der Waals surface area contributed by atoms with Crippen LogP contribution < -0.4 is 0 Å². The van der Waals surface area contributed by atoms with Crippen LogP contribution >= 0.6 is 0 Å². The number of rotatable bonds is 4. The number of nitrogens with zero attached hydrogens (tertiary/aromatic N) is 2. The normalized spacial score (nSPS) is 11.6. The summed E-state index contributed by atoms with van der Waals surface area (Å²) in [7, 11) is 0. The molecule has 4 aromatic carbocycles. The van der Waals surface area contributed by atoms with Crippen molar-refractivity contribution >= 4 is 16.9 Å². The van der Waals surface area contributed by atoms with Gasteiger partial charge in [-0.3, -0.25) is 4.40 Å². The molecular formula is C30H24N2O. The maximum Gasteiger partial charge on any atom is 0.307 e. The average Bonchev–Trinajstić information content (AvgIpc) is 3.41. The van der Waals surface area contributed by atoms with Crippen molar-refractivity contribution in [3.63, 3.8) is 0 Å². The highest BCUT2D eigenvalue weighted by molar-refractivity contribution is 5.88. The Kier molecular flexibility index (Phi) is 4.62. The molecule has 0 saturated heterocycles. The van der Waals surface area contributed by atoms with E-state index in [0.29, 0.717) is 11.8 Å². The summed E-state index contributed by atoms with van der Waals surface area (Å²) in [6.45, 7) is 4.44. The minimum absolute atomic E-state index is 0.490. The van der Waals surface area contributed by atoms with Gasteiger partial charge in [0.2, 0.25) is 0 Å². The van der Waals surface area contributed by atoms with Gasteiger partial charge in [-0.1, -0.05) is 105 Å². The van der Waals surface area contributed by atoms with Crippen molar-refractivity contribution in [1.29, 1.82) is 0 Å². The molecule has 6 aromatic rings. The highest BCUT2D eigenvalue weighted by Crippen LogP contribution is 2.37. The number of hydrogen-bond acceptors (Lipinski definition) is 2. The molecule has 0 saturated carbocycles. The van der Waals surface area contributed by atoms with Gasteiger partial charge in [-0.15, -0.1) is 0 Å². The number of imidazole rings is 1. The van der Waals surface area contributed by atoms with Crippen molar-refractivity contribution in [3.05, 3.63) is 109 Å². The predicted octanol–water partition coefficient (Wildman–Crippen LogP) is 8.20. The van der Waals surface area contributed by atoms with E-state index >= 15 is 0 Å². The fourth-order valence-corrected chi connectivity index (χ4v) is 4.46. The molecule has 2 heterocycles. The molecule has 0 spiro atoms. The van der Waals surface area contributed by atoms with Crippen molar-refractivity contribution in [2.24, 2.45) is 0 Å². The van der Waals surface area contributed by atoms with Crippen LogP contribution in [0.25, 0.3) is 50.6 Å². The van der Waals surface area contributed by atoms with E-state index in [1.165, 1.54) is 16.7 Å². The van der Waals surface area contributed by atoms with E-state index < -0.39 is 0 Å². The van der Waals surface area contributed by atoms with Crippen LogP contribution in [0, 0.1) is 0 Å². The third kappa shape index (κ3) is 3.33. The second kappa shape index (κ2) is 7.79. The zero-order valence-corrected chi connectivity index (χ0v) is 18.7. The fraction of sp³-hybridized carbons (Fsp3) is 0.100. The Morgan fingerprint density at radius 2 is 1.24 bits per heavy atom. The zero-order valence-electron chi connectivity index (χ0n) is 18.7. The molecule has 33 heavy (non-hydrogen) atoms. The summed E-state index contributed by atoms with van der Waals surface area (Å²) in [5.74, 6) is 1.10. The van der Waals surface area contributed by atoms with Crippen molar-refractivity contribution in [2.75, 3.05) is 0 Å². The molecule has 0 aliphatic rings. The first-order valence-corrected chi connectivity index (χ1v) is 11.4. The summed E-state index contributed by atoms with van der Waals surface area (Å²) in [4.78, 5) is 4.95. The molecule has 0 amide bonds. The first-order valence-electron chi connectivity index (χ1n) is 11.4. The standard InChI is InChI=1S/C30H24N2O/c1-20(2)21-12-18-25(19-13-21)29-28(31-30-32(29)26-10-6-7-11-27(26)33-30)24-16-14-23(15-17-24)22-8-4-3-5-9-22/h3-20H,1-2H3. The first kappa shape index (κ1) is 19.6. The van der Waals surface area contributed by atoms with Crippen molar-refractivity contribution in [3.8, 4) is 33.6 Å². The lowest BCUT2D eigenvalue weighted by Gasteiger charge is -2.09. The number of benzene rings is 4. The van der Waals surface area contributed by atoms with Gasteiger partial charge in [-0.05, 0) is 34.7 Å². The highest BCUT2D eigenvalue weighted by atomic mass is 16.4. The lowest BCUT2D eigenvalue weighted by atomic mass is 9.98. The van der Waals surface area contributed by atoms with E-state index in [4.69, 9.17) is 9.40 Å². The molecule has 3 nitrogen and oxygen atoms in total. The van der Waals surface area contributed by atoms with Gasteiger partial charge in [-0.25, -0.2) is 0 Å². The summed E-state index contributed by atoms with van der Waals surface area (Å²) >= 11 is 0. The predicted molar refractivity (Wildman–Crippen MR) is 135 cm³/mol. The van der Waals surface area contributed by atoms with Gasteiger partial charge in [0.1, 0.15) is 5.69 Å². The van der Waals surface area contributed by atoms with Crippen LogP contribution in [-0.4, -0.2) is 9.38 Å². The molecule has 6 rings (SSSR count). The second-order valence-corrected chi connectivity index (χ2v) is 8.72. The third-order valence-corrected chi connectivity index (χ3v) is 6.27. The maximum atomic E-state index is 6.12. The maximum absolute atomic E-state index is 6.12. The van der Waals surface area contributed by atoms with Gasteiger partial charge in [0.15, 0.2) is 5.58 Å². The lowest BCUT2D eigenvalue weighted by molar-refractivity contribution is 0.642. The Bertz CT molecular complexity index is 1550. The summed E-state index contributed by atoms with van der Waals surface area (Å²) in [6, 6.07) is 36.0. The van der Waals surface area contributed by atoms with Crippen molar-refractivity contribution < 1.29 is 4.42 Å². The fourth-order valence-electron chi connectivity index (χ4n) is 4.46. The molecule has 0 radical (unpaired) electrons. The number of para-hydroxylation sites is 2. The lowest BCUT2D eigenvalue weighted by Crippen LogP contribution is -1.91. The first-order chi connectivity index (χ1) is 16.2. The van der Waals surface area contributed by atoms with Gasteiger partial charge in [0.05, 0.1) is 11.2 Å². The van der Waals surface area contributed by atoms with Crippen LogP contribution in [0.4, 0.5) is 0 Å². The molecular weight excluding hydrogens is 404 g/mol. The molecule has 0 aliphatic carbocycles. The van der Waals surface area contributed by atoms with Crippen LogP contribution in [-0.2, 0) is 0 Å². The molecule has 3 heteroatoms. The molecule has 0 unspecified atom stereocenters. The Hall–Kier alpha value is -4.11. The van der Waals surface area contributed by atoms with E-state index in [1.807, 2.05) is 24.3 Å². The van der Waals surface area contributed by atoms with E-state index in [2.05, 4.69) is 97.1 Å². The molecule has 0 atom stereocenters. The van der Waals surface area contributed by atoms with Crippen LogP contribution in [0.3, 0.4) is 0 Å². The second-order valence-electron chi connectivity index (χ2n) is 8.72. The monoisotopic (exact) mass is 428 g/mol. The molecule has 0 fully saturated rings.